The van der Waals surface area contributed by atoms with Crippen molar-refractivity contribution in [1.82, 2.24) is 19.9 Å². The van der Waals surface area contributed by atoms with Gasteiger partial charge in [-0.05, 0) is 33.0 Å². The van der Waals surface area contributed by atoms with Gasteiger partial charge >= 0.3 is 0 Å². The van der Waals surface area contributed by atoms with E-state index in [0.717, 1.165) is 29.3 Å². The number of H-pyrrole nitrogens is 1. The highest BCUT2D eigenvalue weighted by molar-refractivity contribution is 7.71. The summed E-state index contributed by atoms with van der Waals surface area (Å²) in [4.78, 5) is 0. The Labute approximate surface area is 105 Å². The van der Waals surface area contributed by atoms with Crippen molar-refractivity contribution in [1.29, 1.82) is 0 Å². The topological polar surface area (TPSA) is 59.6 Å². The summed E-state index contributed by atoms with van der Waals surface area (Å²) in [5.41, 5.74) is 1.98. The second-order valence-corrected chi connectivity index (χ2v) is 4.47. The van der Waals surface area contributed by atoms with E-state index < -0.39 is 0 Å². The monoisotopic (exact) mass is 252 g/mol. The van der Waals surface area contributed by atoms with Crippen LogP contribution >= 0.6 is 12.2 Å². The van der Waals surface area contributed by atoms with E-state index in [4.69, 9.17) is 16.7 Å². The summed E-state index contributed by atoms with van der Waals surface area (Å²) in [6, 6.07) is 0.0856. The van der Waals surface area contributed by atoms with E-state index in [1.54, 1.807) is 0 Å². The number of aromatic nitrogens is 4. The second-order valence-electron chi connectivity index (χ2n) is 4.08. The Morgan fingerprint density at radius 3 is 2.71 bits per heavy atom. The van der Waals surface area contributed by atoms with Gasteiger partial charge in [0, 0.05) is 12.0 Å². The van der Waals surface area contributed by atoms with Crippen LogP contribution in [0.4, 0.5) is 0 Å². The van der Waals surface area contributed by atoms with E-state index >= 15 is 0 Å². The molecule has 0 aliphatic rings. The Bertz CT molecular complexity index is 561. The molecule has 0 amide bonds. The summed E-state index contributed by atoms with van der Waals surface area (Å²) >= 11 is 5.27. The van der Waals surface area contributed by atoms with Crippen LogP contribution < -0.4 is 0 Å². The minimum absolute atomic E-state index is 0.0856. The normalized spacial score (nSPS) is 12.9. The molecule has 5 nitrogen and oxygen atoms in total. The number of nitrogens with one attached hydrogen (secondary N) is 1. The summed E-state index contributed by atoms with van der Waals surface area (Å²) in [5.74, 6) is 1.78. The van der Waals surface area contributed by atoms with Crippen molar-refractivity contribution in [3.8, 4) is 0 Å². The molecular formula is C11H16N4OS. The molecule has 0 saturated heterocycles. The number of nitrogens with zero attached hydrogens (tertiary/aromatic N) is 3. The van der Waals surface area contributed by atoms with Crippen molar-refractivity contribution >= 4 is 12.2 Å². The quantitative estimate of drug-likeness (QED) is 0.853. The summed E-state index contributed by atoms with van der Waals surface area (Å²) < 4.78 is 7.85. The third-order valence-corrected chi connectivity index (χ3v) is 3.28. The lowest BCUT2D eigenvalue weighted by Gasteiger charge is -2.14. The van der Waals surface area contributed by atoms with E-state index in [9.17, 15) is 0 Å². The van der Waals surface area contributed by atoms with Gasteiger partial charge in [0.2, 0.25) is 0 Å². The number of hydrogen-bond acceptors (Lipinski definition) is 4. The minimum Gasteiger partial charge on any atom is -0.361 e. The molecule has 0 fully saturated rings. The average Bonchev–Trinajstić information content (AvgIpc) is 2.82. The molecule has 0 spiro atoms. The molecule has 0 aliphatic heterocycles. The largest absolute Gasteiger partial charge is 0.361 e. The predicted octanol–water partition coefficient (Wildman–Crippen LogP) is 2.72. The van der Waals surface area contributed by atoms with Crippen molar-refractivity contribution in [3.05, 3.63) is 27.6 Å². The zero-order valence-corrected chi connectivity index (χ0v) is 11.3. The second kappa shape index (κ2) is 4.44. The van der Waals surface area contributed by atoms with Crippen LogP contribution in [0.25, 0.3) is 0 Å². The SMILES string of the molecule is CCc1n[nH]c(=S)n1C(C)c1c(C)noc1C. The zero-order valence-electron chi connectivity index (χ0n) is 10.4. The fourth-order valence-corrected chi connectivity index (χ4v) is 2.51. The molecule has 6 heteroatoms. The van der Waals surface area contributed by atoms with Gasteiger partial charge in [0.1, 0.15) is 11.6 Å². The van der Waals surface area contributed by atoms with Crippen LogP contribution in [-0.4, -0.2) is 19.9 Å². The van der Waals surface area contributed by atoms with Crippen molar-refractivity contribution < 1.29 is 4.52 Å². The maximum Gasteiger partial charge on any atom is 0.195 e. The molecule has 2 rings (SSSR count). The van der Waals surface area contributed by atoms with Crippen LogP contribution in [0.2, 0.25) is 0 Å². The Balaban J connectivity index is 2.54. The number of aromatic amines is 1. The summed E-state index contributed by atoms with van der Waals surface area (Å²) in [6.07, 6.45) is 0.834. The highest BCUT2D eigenvalue weighted by atomic mass is 32.1. The lowest BCUT2D eigenvalue weighted by molar-refractivity contribution is 0.390. The van der Waals surface area contributed by atoms with Gasteiger partial charge in [0.15, 0.2) is 4.77 Å². The smallest absolute Gasteiger partial charge is 0.195 e. The molecule has 0 saturated carbocycles. The van der Waals surface area contributed by atoms with E-state index in [0.29, 0.717) is 4.77 Å². The van der Waals surface area contributed by atoms with Crippen LogP contribution in [0.15, 0.2) is 4.52 Å². The molecule has 0 aromatic carbocycles. The van der Waals surface area contributed by atoms with E-state index in [-0.39, 0.29) is 6.04 Å². The van der Waals surface area contributed by atoms with Gasteiger partial charge in [-0.3, -0.25) is 9.67 Å². The van der Waals surface area contributed by atoms with Crippen molar-refractivity contribution in [2.75, 3.05) is 0 Å². The maximum absolute atomic E-state index is 5.27. The molecule has 2 aromatic rings. The molecule has 92 valence electrons. The zero-order chi connectivity index (χ0) is 12.6. The first-order valence-electron chi connectivity index (χ1n) is 5.64. The third-order valence-electron chi connectivity index (χ3n) is 2.99. The van der Waals surface area contributed by atoms with Crippen molar-refractivity contribution in [2.24, 2.45) is 0 Å². The molecule has 0 radical (unpaired) electrons. The molecule has 1 unspecified atom stereocenters. The fourth-order valence-electron chi connectivity index (χ4n) is 2.20. The van der Waals surface area contributed by atoms with Crippen LogP contribution in [0.3, 0.4) is 0 Å². The van der Waals surface area contributed by atoms with Crippen LogP contribution in [0.1, 0.15) is 42.7 Å². The van der Waals surface area contributed by atoms with E-state index in [1.807, 2.05) is 18.4 Å². The standard InChI is InChI=1S/C11H16N4OS/c1-5-9-12-13-11(17)15(9)7(3)10-6(2)14-16-8(10)4/h7H,5H2,1-4H3,(H,13,17). The number of hydrogen-bond donors (Lipinski definition) is 1. The molecule has 2 aromatic heterocycles. The summed E-state index contributed by atoms with van der Waals surface area (Å²) in [5, 5.41) is 11.0. The lowest BCUT2D eigenvalue weighted by atomic mass is 10.1. The van der Waals surface area contributed by atoms with Gasteiger partial charge in [0.25, 0.3) is 0 Å². The molecule has 2 heterocycles. The first-order chi connectivity index (χ1) is 8.06. The van der Waals surface area contributed by atoms with E-state index in [2.05, 4.69) is 29.2 Å². The molecule has 1 N–H and O–H groups in total. The Morgan fingerprint density at radius 2 is 2.18 bits per heavy atom. The molecule has 0 aliphatic carbocycles. The fraction of sp³-hybridized carbons (Fsp3) is 0.545. The van der Waals surface area contributed by atoms with Gasteiger partial charge < -0.3 is 4.52 Å². The Morgan fingerprint density at radius 1 is 1.47 bits per heavy atom. The maximum atomic E-state index is 5.27. The minimum atomic E-state index is 0.0856. The van der Waals surface area contributed by atoms with Crippen LogP contribution in [0.5, 0.6) is 0 Å². The third kappa shape index (κ3) is 1.93. The molecule has 17 heavy (non-hydrogen) atoms. The lowest BCUT2D eigenvalue weighted by Crippen LogP contribution is -2.12. The average molecular weight is 252 g/mol. The Kier molecular flexibility index (Phi) is 3.15. The predicted molar refractivity (Wildman–Crippen MR) is 66.6 cm³/mol. The van der Waals surface area contributed by atoms with Gasteiger partial charge in [-0.15, -0.1) is 0 Å². The highest BCUT2D eigenvalue weighted by Gasteiger charge is 2.20. The van der Waals surface area contributed by atoms with Gasteiger partial charge in [0.05, 0.1) is 11.7 Å². The number of rotatable bonds is 3. The van der Waals surface area contributed by atoms with E-state index in [1.165, 1.54) is 0 Å². The summed E-state index contributed by atoms with van der Waals surface area (Å²) in [7, 11) is 0. The van der Waals surface area contributed by atoms with Crippen molar-refractivity contribution in [3.63, 3.8) is 0 Å². The van der Waals surface area contributed by atoms with Crippen molar-refractivity contribution in [2.45, 2.75) is 40.2 Å². The molecule has 0 bridgehead atoms. The van der Waals surface area contributed by atoms with Crippen LogP contribution in [0, 0.1) is 18.6 Å². The highest BCUT2D eigenvalue weighted by Crippen LogP contribution is 2.25. The molecule has 1 atom stereocenters. The van der Waals surface area contributed by atoms with Crippen LogP contribution in [-0.2, 0) is 6.42 Å². The molecular weight excluding hydrogens is 236 g/mol. The Hall–Kier alpha value is -1.43. The van der Waals surface area contributed by atoms with Gasteiger partial charge in [-0.25, -0.2) is 0 Å². The van der Waals surface area contributed by atoms with Gasteiger partial charge in [-0.1, -0.05) is 12.1 Å². The number of aryl methyl sites for hydroxylation is 3. The summed E-state index contributed by atoms with van der Waals surface area (Å²) in [6.45, 7) is 8.00. The first kappa shape index (κ1) is 12.0. The first-order valence-corrected chi connectivity index (χ1v) is 6.05. The van der Waals surface area contributed by atoms with Gasteiger partial charge in [-0.2, -0.15) is 5.10 Å².